The van der Waals surface area contributed by atoms with E-state index in [4.69, 9.17) is 0 Å². The Bertz CT molecular complexity index is 706. The van der Waals surface area contributed by atoms with Crippen LogP contribution in [0.1, 0.15) is 56.0 Å². The molecule has 3 heterocycles. The zero-order chi connectivity index (χ0) is 17.1. The molecule has 24 heavy (non-hydrogen) atoms. The molecule has 130 valence electrons. The summed E-state index contributed by atoms with van der Waals surface area (Å²) < 4.78 is 1.74. The maximum atomic E-state index is 12.9. The summed E-state index contributed by atoms with van der Waals surface area (Å²) in [5.74, 6) is 0.0679. The first-order valence-electron chi connectivity index (χ1n) is 9.03. The fourth-order valence-electron chi connectivity index (χ4n) is 3.53. The van der Waals surface area contributed by atoms with Crippen molar-refractivity contribution in [3.05, 3.63) is 29.7 Å². The van der Waals surface area contributed by atoms with Gasteiger partial charge in [-0.2, -0.15) is 5.10 Å². The van der Waals surface area contributed by atoms with Crippen molar-refractivity contribution in [1.29, 1.82) is 0 Å². The molecule has 2 aromatic rings. The van der Waals surface area contributed by atoms with Crippen LogP contribution in [0.5, 0.6) is 0 Å². The second-order valence-electron chi connectivity index (χ2n) is 6.45. The highest BCUT2D eigenvalue weighted by molar-refractivity contribution is 5.99. The minimum atomic E-state index is 0.0679. The predicted molar refractivity (Wildman–Crippen MR) is 94.0 cm³/mol. The normalized spacial score (nSPS) is 18.0. The zero-order valence-corrected chi connectivity index (χ0v) is 14.9. The van der Waals surface area contributed by atoms with E-state index in [0.717, 1.165) is 51.0 Å². The van der Waals surface area contributed by atoms with Gasteiger partial charge in [0, 0.05) is 37.1 Å². The lowest BCUT2D eigenvalue weighted by atomic mass is 10.1. The minimum Gasteiger partial charge on any atom is -0.336 e. The lowest BCUT2D eigenvalue weighted by Crippen LogP contribution is -2.35. The van der Waals surface area contributed by atoms with Crippen molar-refractivity contribution in [1.82, 2.24) is 24.4 Å². The molecule has 6 heteroatoms. The molecule has 1 saturated heterocycles. The number of rotatable bonds is 6. The van der Waals surface area contributed by atoms with Gasteiger partial charge >= 0.3 is 0 Å². The summed E-state index contributed by atoms with van der Waals surface area (Å²) in [6, 6.07) is 0.356. The number of aromatic nitrogens is 3. The maximum Gasteiger partial charge on any atom is 0.259 e. The van der Waals surface area contributed by atoms with E-state index in [9.17, 15) is 4.79 Å². The topological polar surface area (TPSA) is 53.7 Å². The molecular weight excluding hydrogens is 302 g/mol. The van der Waals surface area contributed by atoms with E-state index < -0.39 is 0 Å². The summed E-state index contributed by atoms with van der Waals surface area (Å²) in [5, 5.41) is 4.37. The Hall–Kier alpha value is -1.95. The van der Waals surface area contributed by atoms with Crippen molar-refractivity contribution in [2.24, 2.45) is 0 Å². The first-order valence-corrected chi connectivity index (χ1v) is 9.03. The molecule has 1 aliphatic rings. The van der Waals surface area contributed by atoms with Gasteiger partial charge in [0.15, 0.2) is 5.65 Å². The molecule has 0 aliphatic carbocycles. The lowest BCUT2D eigenvalue weighted by Gasteiger charge is -2.23. The van der Waals surface area contributed by atoms with Crippen molar-refractivity contribution in [3.8, 4) is 0 Å². The molecule has 3 rings (SSSR count). The quantitative estimate of drug-likeness (QED) is 0.817. The van der Waals surface area contributed by atoms with Crippen LogP contribution in [-0.2, 0) is 6.54 Å². The molecule has 0 radical (unpaired) electrons. The van der Waals surface area contributed by atoms with Gasteiger partial charge in [-0.3, -0.25) is 9.69 Å². The van der Waals surface area contributed by atoms with Crippen molar-refractivity contribution >= 4 is 11.6 Å². The summed E-state index contributed by atoms with van der Waals surface area (Å²) in [5.41, 5.74) is 2.38. The fraction of sp³-hybridized carbons (Fsp3) is 0.611. The number of amides is 1. The first kappa shape index (κ1) is 16.9. The van der Waals surface area contributed by atoms with E-state index in [1.807, 2.05) is 17.3 Å². The van der Waals surface area contributed by atoms with Crippen LogP contribution < -0.4 is 0 Å². The van der Waals surface area contributed by atoms with Gasteiger partial charge in [-0.25, -0.2) is 9.50 Å². The first-order chi connectivity index (χ1) is 11.7. The van der Waals surface area contributed by atoms with Crippen LogP contribution in [0, 0.1) is 0 Å². The molecule has 0 spiro atoms. The Morgan fingerprint density at radius 3 is 2.79 bits per heavy atom. The number of carbonyl (C=O) groups excluding carboxylic acids is 1. The number of fused-ring (bicyclic) bond motifs is 1. The number of hydrogen-bond donors (Lipinski definition) is 0. The molecule has 1 amide bonds. The molecule has 0 saturated carbocycles. The summed E-state index contributed by atoms with van der Waals surface area (Å²) in [7, 11) is 0. The Balaban J connectivity index is 1.84. The third-order valence-corrected chi connectivity index (χ3v) is 5.05. The van der Waals surface area contributed by atoms with E-state index >= 15 is 0 Å². The second kappa shape index (κ2) is 7.30. The molecule has 0 N–H and O–H groups in total. The number of likely N-dealkylation sites (tertiary alicyclic amines) is 1. The Labute approximate surface area is 143 Å². The molecule has 2 aromatic heterocycles. The minimum absolute atomic E-state index is 0.0679. The SMILES string of the molecule is CCC1CCCN1C(=O)c1cnn2cc(CN(CC)CC)cnc12. The summed E-state index contributed by atoms with van der Waals surface area (Å²) >= 11 is 0. The molecule has 1 fully saturated rings. The predicted octanol–water partition coefficient (Wildman–Crippen LogP) is 2.59. The summed E-state index contributed by atoms with van der Waals surface area (Å²) in [4.78, 5) is 21.7. The lowest BCUT2D eigenvalue weighted by molar-refractivity contribution is 0.0735. The molecule has 1 unspecified atom stereocenters. The van der Waals surface area contributed by atoms with Gasteiger partial charge in [0.2, 0.25) is 0 Å². The average Bonchev–Trinajstić information content (AvgIpc) is 3.25. The fourth-order valence-corrected chi connectivity index (χ4v) is 3.53. The van der Waals surface area contributed by atoms with Crippen LogP contribution in [0.25, 0.3) is 5.65 Å². The van der Waals surface area contributed by atoms with Crippen LogP contribution in [0.3, 0.4) is 0 Å². The van der Waals surface area contributed by atoms with Crippen LogP contribution in [0.2, 0.25) is 0 Å². The van der Waals surface area contributed by atoms with Crippen LogP contribution in [-0.4, -0.2) is 56.0 Å². The van der Waals surface area contributed by atoms with Gasteiger partial charge in [-0.05, 0) is 32.4 Å². The van der Waals surface area contributed by atoms with Gasteiger partial charge in [-0.15, -0.1) is 0 Å². The highest BCUT2D eigenvalue weighted by Gasteiger charge is 2.30. The highest BCUT2D eigenvalue weighted by atomic mass is 16.2. The third-order valence-electron chi connectivity index (χ3n) is 5.05. The van der Waals surface area contributed by atoms with E-state index in [1.165, 1.54) is 0 Å². The van der Waals surface area contributed by atoms with Crippen molar-refractivity contribution in [2.45, 2.75) is 52.6 Å². The van der Waals surface area contributed by atoms with Crippen molar-refractivity contribution < 1.29 is 4.79 Å². The molecule has 0 aromatic carbocycles. The zero-order valence-electron chi connectivity index (χ0n) is 14.9. The molecule has 0 bridgehead atoms. The average molecular weight is 329 g/mol. The van der Waals surface area contributed by atoms with Crippen LogP contribution in [0.15, 0.2) is 18.6 Å². The summed E-state index contributed by atoms with van der Waals surface area (Å²) in [6.07, 6.45) is 8.71. The monoisotopic (exact) mass is 329 g/mol. The smallest absolute Gasteiger partial charge is 0.259 e. The van der Waals surface area contributed by atoms with Crippen molar-refractivity contribution in [2.75, 3.05) is 19.6 Å². The van der Waals surface area contributed by atoms with Crippen molar-refractivity contribution in [3.63, 3.8) is 0 Å². The van der Waals surface area contributed by atoms with E-state index in [2.05, 4.69) is 35.8 Å². The van der Waals surface area contributed by atoms with E-state index in [-0.39, 0.29) is 5.91 Å². The van der Waals surface area contributed by atoms with Crippen LogP contribution >= 0.6 is 0 Å². The van der Waals surface area contributed by atoms with Gasteiger partial charge in [0.1, 0.15) is 5.56 Å². The van der Waals surface area contributed by atoms with Gasteiger partial charge in [0.05, 0.1) is 6.20 Å². The van der Waals surface area contributed by atoms with E-state index in [0.29, 0.717) is 17.3 Å². The standard InChI is InChI=1S/C18H27N5O/c1-4-15-8-7-9-22(15)18(24)16-11-20-23-13-14(10-19-17(16)23)12-21(5-2)6-3/h10-11,13,15H,4-9,12H2,1-3H3. The highest BCUT2D eigenvalue weighted by Crippen LogP contribution is 2.23. The van der Waals surface area contributed by atoms with Gasteiger partial charge in [-0.1, -0.05) is 20.8 Å². The third kappa shape index (κ3) is 3.15. The second-order valence-corrected chi connectivity index (χ2v) is 6.45. The van der Waals surface area contributed by atoms with Crippen LogP contribution in [0.4, 0.5) is 0 Å². The maximum absolute atomic E-state index is 12.9. The van der Waals surface area contributed by atoms with E-state index in [1.54, 1.807) is 10.7 Å². The number of hydrogen-bond acceptors (Lipinski definition) is 4. The largest absolute Gasteiger partial charge is 0.336 e. The number of nitrogens with zero attached hydrogens (tertiary/aromatic N) is 5. The summed E-state index contributed by atoms with van der Waals surface area (Å²) in [6.45, 7) is 10.2. The Morgan fingerprint density at radius 1 is 1.29 bits per heavy atom. The number of carbonyl (C=O) groups is 1. The van der Waals surface area contributed by atoms with Gasteiger partial charge in [0.25, 0.3) is 5.91 Å². The molecular formula is C18H27N5O. The molecule has 1 aliphatic heterocycles. The molecule has 6 nitrogen and oxygen atoms in total. The Morgan fingerprint density at radius 2 is 2.08 bits per heavy atom. The Kier molecular flexibility index (Phi) is 5.14. The van der Waals surface area contributed by atoms with Gasteiger partial charge < -0.3 is 4.90 Å². The molecule has 1 atom stereocenters.